The van der Waals surface area contributed by atoms with Gasteiger partial charge in [0.15, 0.2) is 0 Å². The summed E-state index contributed by atoms with van der Waals surface area (Å²) >= 11 is 3.82. The lowest BCUT2D eigenvalue weighted by Crippen LogP contribution is -2.16. The van der Waals surface area contributed by atoms with Gasteiger partial charge in [-0.15, -0.1) is 0 Å². The molecule has 0 atom stereocenters. The highest BCUT2D eigenvalue weighted by Crippen LogP contribution is 2.08. The Labute approximate surface area is 160 Å². The number of thioether (sulfide) groups is 2. The zero-order valence-electron chi connectivity index (χ0n) is 15.8. The highest BCUT2D eigenvalue weighted by Gasteiger charge is 1.98. The Balaban J connectivity index is 0.000000257. The SMILES string of the molecule is CSCCNCc1ccco1.Cc1ccc(CNCCSC(C)C)o1. The molecule has 0 aliphatic carbocycles. The van der Waals surface area contributed by atoms with Crippen molar-refractivity contribution in [3.8, 4) is 0 Å². The van der Waals surface area contributed by atoms with Crippen LogP contribution in [0.3, 0.4) is 0 Å². The Morgan fingerprint density at radius 3 is 2.28 bits per heavy atom. The van der Waals surface area contributed by atoms with Gasteiger partial charge in [-0.2, -0.15) is 23.5 Å². The molecule has 2 N–H and O–H groups in total. The molecule has 0 aromatic carbocycles. The Hall–Kier alpha value is -0.820. The molecule has 0 aliphatic heterocycles. The molecule has 2 aromatic heterocycles. The van der Waals surface area contributed by atoms with Crippen molar-refractivity contribution < 1.29 is 8.83 Å². The molecule has 0 unspecified atom stereocenters. The fourth-order valence-corrected chi connectivity index (χ4v) is 3.04. The minimum absolute atomic E-state index is 0.725. The van der Waals surface area contributed by atoms with Crippen LogP contribution in [0.1, 0.15) is 31.1 Å². The molecular formula is C19H32N2O2S2. The average Bonchev–Trinajstić information content (AvgIpc) is 3.23. The summed E-state index contributed by atoms with van der Waals surface area (Å²) in [4.78, 5) is 0. The number of hydrogen-bond donors (Lipinski definition) is 2. The van der Waals surface area contributed by atoms with Gasteiger partial charge in [0.05, 0.1) is 19.4 Å². The molecule has 0 fully saturated rings. The summed E-state index contributed by atoms with van der Waals surface area (Å²) in [6.07, 6.45) is 3.81. The summed E-state index contributed by atoms with van der Waals surface area (Å²) in [6.45, 7) is 10.2. The van der Waals surface area contributed by atoms with Crippen molar-refractivity contribution in [2.24, 2.45) is 0 Å². The van der Waals surface area contributed by atoms with Crippen LogP contribution >= 0.6 is 23.5 Å². The summed E-state index contributed by atoms with van der Waals surface area (Å²) in [5.74, 6) is 5.33. The van der Waals surface area contributed by atoms with E-state index in [4.69, 9.17) is 8.83 Å². The Kier molecular flexibility index (Phi) is 12.8. The predicted molar refractivity (Wildman–Crippen MR) is 112 cm³/mol. The second-order valence-electron chi connectivity index (χ2n) is 5.86. The van der Waals surface area contributed by atoms with E-state index >= 15 is 0 Å². The number of aryl methyl sites for hydroxylation is 1. The molecule has 4 nitrogen and oxygen atoms in total. The molecule has 0 amide bonds. The van der Waals surface area contributed by atoms with E-state index in [1.165, 1.54) is 0 Å². The van der Waals surface area contributed by atoms with Gasteiger partial charge >= 0.3 is 0 Å². The van der Waals surface area contributed by atoms with Crippen LogP contribution in [-0.4, -0.2) is 36.1 Å². The molecule has 6 heteroatoms. The van der Waals surface area contributed by atoms with Crippen molar-refractivity contribution in [3.63, 3.8) is 0 Å². The van der Waals surface area contributed by atoms with E-state index in [2.05, 4.69) is 30.7 Å². The minimum atomic E-state index is 0.725. The molecule has 0 aliphatic rings. The first-order valence-electron chi connectivity index (χ1n) is 8.71. The van der Waals surface area contributed by atoms with Crippen molar-refractivity contribution in [1.82, 2.24) is 10.6 Å². The fraction of sp³-hybridized carbons (Fsp3) is 0.579. The Morgan fingerprint density at radius 2 is 1.72 bits per heavy atom. The maximum atomic E-state index is 5.44. The standard InChI is InChI=1S/C11H19NOS.C8H13NOS/c1-9(2)14-7-6-12-8-11-5-4-10(3)13-11;1-11-6-4-9-7-8-3-2-5-10-8/h4-5,9,12H,6-8H2,1-3H3;2-3,5,9H,4,6-7H2,1H3. The van der Waals surface area contributed by atoms with Crippen molar-refractivity contribution in [2.75, 3.05) is 30.9 Å². The van der Waals surface area contributed by atoms with Gasteiger partial charge in [0, 0.05) is 24.6 Å². The van der Waals surface area contributed by atoms with Gasteiger partial charge in [0.25, 0.3) is 0 Å². The summed E-state index contributed by atoms with van der Waals surface area (Å²) in [5, 5.41) is 7.35. The lowest BCUT2D eigenvalue weighted by atomic mass is 10.4. The van der Waals surface area contributed by atoms with Crippen LogP contribution in [0.25, 0.3) is 0 Å². The summed E-state index contributed by atoms with van der Waals surface area (Å²) in [7, 11) is 0. The van der Waals surface area contributed by atoms with Crippen molar-refractivity contribution in [3.05, 3.63) is 47.8 Å². The Morgan fingerprint density at radius 1 is 1.00 bits per heavy atom. The second-order valence-corrected chi connectivity index (χ2v) is 8.53. The van der Waals surface area contributed by atoms with Gasteiger partial charge in [-0.3, -0.25) is 0 Å². The van der Waals surface area contributed by atoms with Gasteiger partial charge in [-0.1, -0.05) is 13.8 Å². The van der Waals surface area contributed by atoms with Gasteiger partial charge in [-0.25, -0.2) is 0 Å². The summed E-state index contributed by atoms with van der Waals surface area (Å²) < 4.78 is 10.6. The van der Waals surface area contributed by atoms with E-state index in [1.807, 2.05) is 54.7 Å². The highest BCUT2D eigenvalue weighted by atomic mass is 32.2. The van der Waals surface area contributed by atoms with Crippen molar-refractivity contribution in [2.45, 2.75) is 39.1 Å². The van der Waals surface area contributed by atoms with Crippen LogP contribution in [0, 0.1) is 6.92 Å². The number of nitrogens with one attached hydrogen (secondary N) is 2. The van der Waals surface area contributed by atoms with Crippen LogP contribution in [0.15, 0.2) is 39.4 Å². The second kappa shape index (κ2) is 14.4. The predicted octanol–water partition coefficient (Wildman–Crippen LogP) is 4.55. The highest BCUT2D eigenvalue weighted by molar-refractivity contribution is 7.99. The zero-order chi connectivity index (χ0) is 18.3. The smallest absolute Gasteiger partial charge is 0.117 e. The molecule has 2 rings (SSSR count). The quantitative estimate of drug-likeness (QED) is 0.554. The van der Waals surface area contributed by atoms with Crippen LogP contribution in [0.5, 0.6) is 0 Å². The monoisotopic (exact) mass is 384 g/mol. The molecular weight excluding hydrogens is 352 g/mol. The van der Waals surface area contributed by atoms with E-state index in [0.29, 0.717) is 0 Å². The number of furan rings is 2. The number of rotatable bonds is 11. The first-order chi connectivity index (χ1) is 12.1. The topological polar surface area (TPSA) is 50.3 Å². The van der Waals surface area contributed by atoms with Gasteiger partial charge in [-0.05, 0) is 42.7 Å². The molecule has 0 spiro atoms. The molecule has 2 aromatic rings. The third-order valence-corrected chi connectivity index (χ3v) is 4.91. The maximum absolute atomic E-state index is 5.44. The summed E-state index contributed by atoms with van der Waals surface area (Å²) in [6, 6.07) is 7.91. The first-order valence-corrected chi connectivity index (χ1v) is 11.2. The maximum Gasteiger partial charge on any atom is 0.117 e. The average molecular weight is 385 g/mol. The van der Waals surface area contributed by atoms with Crippen LogP contribution in [0.2, 0.25) is 0 Å². The third kappa shape index (κ3) is 12.2. The fourth-order valence-electron chi connectivity index (χ4n) is 1.96. The van der Waals surface area contributed by atoms with Gasteiger partial charge in [0.2, 0.25) is 0 Å². The van der Waals surface area contributed by atoms with E-state index in [9.17, 15) is 0 Å². The zero-order valence-corrected chi connectivity index (χ0v) is 17.5. The van der Waals surface area contributed by atoms with Crippen molar-refractivity contribution >= 4 is 23.5 Å². The van der Waals surface area contributed by atoms with E-state index in [0.717, 1.165) is 60.2 Å². The Bertz CT molecular complexity index is 527. The van der Waals surface area contributed by atoms with Gasteiger partial charge in [0.1, 0.15) is 17.3 Å². The molecule has 0 saturated heterocycles. The van der Waals surface area contributed by atoms with E-state index in [1.54, 1.807) is 6.26 Å². The van der Waals surface area contributed by atoms with Crippen LogP contribution in [0.4, 0.5) is 0 Å². The lowest BCUT2D eigenvalue weighted by molar-refractivity contribution is 0.466. The van der Waals surface area contributed by atoms with E-state index < -0.39 is 0 Å². The van der Waals surface area contributed by atoms with Crippen molar-refractivity contribution in [1.29, 1.82) is 0 Å². The molecule has 142 valence electrons. The molecule has 0 radical (unpaired) electrons. The van der Waals surface area contributed by atoms with Crippen LogP contribution < -0.4 is 10.6 Å². The molecule has 0 saturated carbocycles. The van der Waals surface area contributed by atoms with Crippen LogP contribution in [-0.2, 0) is 13.1 Å². The largest absolute Gasteiger partial charge is 0.468 e. The summed E-state index contributed by atoms with van der Waals surface area (Å²) in [5.41, 5.74) is 0. The molecule has 25 heavy (non-hydrogen) atoms. The third-order valence-electron chi connectivity index (χ3n) is 3.19. The lowest BCUT2D eigenvalue weighted by Gasteiger charge is -2.05. The minimum Gasteiger partial charge on any atom is -0.468 e. The molecule has 2 heterocycles. The first kappa shape index (κ1) is 22.2. The van der Waals surface area contributed by atoms with Gasteiger partial charge < -0.3 is 19.5 Å². The molecule has 0 bridgehead atoms. The normalized spacial score (nSPS) is 10.8. The van der Waals surface area contributed by atoms with E-state index in [-0.39, 0.29) is 0 Å². The number of hydrogen-bond acceptors (Lipinski definition) is 6.